The standard InChI is InChI=1S/C13H21N5/c1-9-4-5-11(8-12(9)18(2)3)16-13(17-14)15-10-6-7-10/h4-5,8,10H,6-7,14H2,1-3H3,(H2,15,16,17). The van der Waals surface area contributed by atoms with Crippen molar-refractivity contribution < 1.29 is 0 Å². The molecule has 18 heavy (non-hydrogen) atoms. The molecule has 1 aliphatic rings. The summed E-state index contributed by atoms with van der Waals surface area (Å²) in [5, 5.41) is 3.21. The Morgan fingerprint density at radius 3 is 2.67 bits per heavy atom. The lowest BCUT2D eigenvalue weighted by Gasteiger charge is -2.17. The summed E-state index contributed by atoms with van der Waals surface area (Å²) in [6.45, 7) is 2.10. The highest BCUT2D eigenvalue weighted by molar-refractivity contribution is 5.94. The van der Waals surface area contributed by atoms with E-state index in [1.54, 1.807) is 0 Å². The van der Waals surface area contributed by atoms with Gasteiger partial charge in [0, 0.05) is 25.5 Å². The summed E-state index contributed by atoms with van der Waals surface area (Å²) in [6.07, 6.45) is 2.31. The van der Waals surface area contributed by atoms with E-state index < -0.39 is 0 Å². The van der Waals surface area contributed by atoms with E-state index in [9.17, 15) is 0 Å². The zero-order chi connectivity index (χ0) is 13.1. The Hall–Kier alpha value is -1.75. The number of anilines is 2. The summed E-state index contributed by atoms with van der Waals surface area (Å²) in [5.41, 5.74) is 6.02. The van der Waals surface area contributed by atoms with Crippen LogP contribution in [0.15, 0.2) is 23.2 Å². The Balaban J connectivity index is 2.15. The average Bonchev–Trinajstić information content (AvgIpc) is 3.14. The van der Waals surface area contributed by atoms with Gasteiger partial charge in [-0.05, 0) is 37.5 Å². The molecule has 0 bridgehead atoms. The number of nitrogens with two attached hydrogens (primary N) is 1. The van der Waals surface area contributed by atoms with E-state index in [1.165, 1.54) is 11.3 Å². The first kappa shape index (κ1) is 12.7. The largest absolute Gasteiger partial charge is 0.377 e. The maximum atomic E-state index is 5.47. The smallest absolute Gasteiger partial charge is 0.210 e. The lowest BCUT2D eigenvalue weighted by molar-refractivity contribution is 0.966. The molecule has 0 atom stereocenters. The van der Waals surface area contributed by atoms with Gasteiger partial charge in [0.25, 0.3) is 0 Å². The summed E-state index contributed by atoms with van der Waals surface area (Å²) >= 11 is 0. The fourth-order valence-corrected chi connectivity index (χ4v) is 1.80. The Bertz CT molecular complexity index is 449. The zero-order valence-electron chi connectivity index (χ0n) is 11.2. The molecule has 1 fully saturated rings. The molecule has 0 aromatic heterocycles. The van der Waals surface area contributed by atoms with E-state index in [1.807, 2.05) is 20.2 Å². The Morgan fingerprint density at radius 1 is 1.39 bits per heavy atom. The van der Waals surface area contributed by atoms with Gasteiger partial charge in [-0.2, -0.15) is 0 Å². The van der Waals surface area contributed by atoms with Gasteiger partial charge in [-0.3, -0.25) is 5.43 Å². The molecule has 0 amide bonds. The highest BCUT2D eigenvalue weighted by atomic mass is 15.3. The molecule has 98 valence electrons. The van der Waals surface area contributed by atoms with Crippen LogP contribution in [-0.4, -0.2) is 26.1 Å². The molecule has 0 aliphatic heterocycles. The van der Waals surface area contributed by atoms with Crippen LogP contribution in [-0.2, 0) is 0 Å². The quantitative estimate of drug-likeness (QED) is 0.327. The molecule has 4 N–H and O–H groups in total. The van der Waals surface area contributed by atoms with Crippen LogP contribution >= 0.6 is 0 Å². The van der Waals surface area contributed by atoms with E-state index in [4.69, 9.17) is 5.84 Å². The van der Waals surface area contributed by atoms with Crippen molar-refractivity contribution in [3.8, 4) is 0 Å². The average molecular weight is 247 g/mol. The van der Waals surface area contributed by atoms with Crippen molar-refractivity contribution in [1.29, 1.82) is 0 Å². The highest BCUT2D eigenvalue weighted by Gasteiger charge is 2.21. The van der Waals surface area contributed by atoms with Crippen LogP contribution in [0.25, 0.3) is 0 Å². The normalized spacial score (nSPS) is 15.4. The molecular formula is C13H21N5. The van der Waals surface area contributed by atoms with Crippen molar-refractivity contribution >= 4 is 17.3 Å². The topological polar surface area (TPSA) is 65.7 Å². The van der Waals surface area contributed by atoms with Gasteiger partial charge in [0.15, 0.2) is 0 Å². The molecule has 1 aliphatic carbocycles. The van der Waals surface area contributed by atoms with Gasteiger partial charge in [0.05, 0.1) is 6.04 Å². The second-order valence-corrected chi connectivity index (χ2v) is 4.87. The third-order valence-electron chi connectivity index (χ3n) is 2.95. The number of rotatable bonds is 3. The molecule has 1 aromatic rings. The zero-order valence-corrected chi connectivity index (χ0v) is 11.2. The Morgan fingerprint density at radius 2 is 2.11 bits per heavy atom. The van der Waals surface area contributed by atoms with Crippen molar-refractivity contribution in [2.75, 3.05) is 24.3 Å². The number of hydrogen-bond donors (Lipinski definition) is 3. The van der Waals surface area contributed by atoms with E-state index in [0.717, 1.165) is 18.5 Å². The molecule has 0 saturated heterocycles. The van der Waals surface area contributed by atoms with Crippen LogP contribution < -0.4 is 21.5 Å². The minimum Gasteiger partial charge on any atom is -0.377 e. The SMILES string of the molecule is Cc1ccc(NC(=NC2CC2)NN)cc1N(C)C. The molecule has 1 aromatic carbocycles. The van der Waals surface area contributed by atoms with Crippen LogP contribution in [0.2, 0.25) is 0 Å². The number of nitrogens with one attached hydrogen (secondary N) is 2. The maximum Gasteiger partial charge on any atom is 0.210 e. The highest BCUT2D eigenvalue weighted by Crippen LogP contribution is 2.25. The van der Waals surface area contributed by atoms with Gasteiger partial charge < -0.3 is 10.2 Å². The van der Waals surface area contributed by atoms with Gasteiger partial charge >= 0.3 is 0 Å². The third kappa shape index (κ3) is 3.13. The molecule has 0 radical (unpaired) electrons. The lowest BCUT2D eigenvalue weighted by atomic mass is 10.1. The Kier molecular flexibility index (Phi) is 3.72. The third-order valence-corrected chi connectivity index (χ3v) is 2.95. The fourth-order valence-electron chi connectivity index (χ4n) is 1.80. The molecule has 0 spiro atoms. The monoisotopic (exact) mass is 247 g/mol. The maximum absolute atomic E-state index is 5.47. The van der Waals surface area contributed by atoms with Crippen molar-refractivity contribution in [3.05, 3.63) is 23.8 Å². The number of hydrazine groups is 1. The summed E-state index contributed by atoms with van der Waals surface area (Å²) in [6, 6.07) is 6.64. The van der Waals surface area contributed by atoms with Gasteiger partial charge in [0.2, 0.25) is 5.96 Å². The minimum atomic E-state index is 0.433. The predicted octanol–water partition coefficient (Wildman–Crippen LogP) is 1.45. The van der Waals surface area contributed by atoms with Crippen molar-refractivity contribution in [2.45, 2.75) is 25.8 Å². The summed E-state index contributed by atoms with van der Waals surface area (Å²) in [5.74, 6) is 6.10. The molecule has 0 heterocycles. The van der Waals surface area contributed by atoms with Crippen molar-refractivity contribution in [2.24, 2.45) is 10.8 Å². The van der Waals surface area contributed by atoms with Crippen LogP contribution in [0, 0.1) is 6.92 Å². The second-order valence-electron chi connectivity index (χ2n) is 4.87. The van der Waals surface area contributed by atoms with Crippen LogP contribution in [0.5, 0.6) is 0 Å². The van der Waals surface area contributed by atoms with E-state index in [-0.39, 0.29) is 0 Å². The summed E-state index contributed by atoms with van der Waals surface area (Å²) in [4.78, 5) is 6.55. The molecule has 1 saturated carbocycles. The molecular weight excluding hydrogens is 226 g/mol. The first-order valence-corrected chi connectivity index (χ1v) is 6.19. The van der Waals surface area contributed by atoms with Gasteiger partial charge in [-0.25, -0.2) is 10.8 Å². The second kappa shape index (κ2) is 5.27. The molecule has 0 unspecified atom stereocenters. The number of nitrogens with zero attached hydrogens (tertiary/aromatic N) is 2. The summed E-state index contributed by atoms with van der Waals surface area (Å²) in [7, 11) is 4.07. The van der Waals surface area contributed by atoms with E-state index >= 15 is 0 Å². The first-order valence-electron chi connectivity index (χ1n) is 6.19. The van der Waals surface area contributed by atoms with Crippen LogP contribution in [0.4, 0.5) is 11.4 Å². The van der Waals surface area contributed by atoms with Crippen LogP contribution in [0.1, 0.15) is 18.4 Å². The number of aryl methyl sites for hydroxylation is 1. The lowest BCUT2D eigenvalue weighted by Crippen LogP contribution is -2.36. The van der Waals surface area contributed by atoms with Gasteiger partial charge in [-0.15, -0.1) is 0 Å². The van der Waals surface area contributed by atoms with E-state index in [2.05, 4.69) is 39.7 Å². The number of hydrogen-bond acceptors (Lipinski definition) is 3. The summed E-state index contributed by atoms with van der Waals surface area (Å²) < 4.78 is 0. The predicted molar refractivity (Wildman–Crippen MR) is 76.9 cm³/mol. The van der Waals surface area contributed by atoms with Crippen molar-refractivity contribution in [1.82, 2.24) is 5.43 Å². The molecule has 2 rings (SSSR count). The van der Waals surface area contributed by atoms with Gasteiger partial charge in [-0.1, -0.05) is 6.07 Å². The van der Waals surface area contributed by atoms with Gasteiger partial charge in [0.1, 0.15) is 0 Å². The molecule has 5 heteroatoms. The minimum absolute atomic E-state index is 0.433. The Labute approximate surface area is 108 Å². The van der Waals surface area contributed by atoms with E-state index in [0.29, 0.717) is 12.0 Å². The number of guanidine groups is 1. The first-order chi connectivity index (χ1) is 8.60. The number of benzene rings is 1. The van der Waals surface area contributed by atoms with Crippen LogP contribution in [0.3, 0.4) is 0 Å². The van der Waals surface area contributed by atoms with Crippen molar-refractivity contribution in [3.63, 3.8) is 0 Å². The molecule has 5 nitrogen and oxygen atoms in total. The number of aliphatic imine (C=N–C) groups is 1. The fraction of sp³-hybridized carbons (Fsp3) is 0.462.